The molecular formula is C22H21BrN2O5. The number of benzene rings is 2. The normalized spacial score (nSPS) is 12.3. The fourth-order valence-electron chi connectivity index (χ4n) is 2.81. The van der Waals surface area contributed by atoms with Gasteiger partial charge >= 0.3 is 0 Å². The molecule has 0 atom stereocenters. The van der Waals surface area contributed by atoms with Crippen molar-refractivity contribution in [1.29, 1.82) is 5.26 Å². The average Bonchev–Trinajstić information content (AvgIpc) is 3.22. The van der Waals surface area contributed by atoms with Gasteiger partial charge in [0.15, 0.2) is 23.0 Å². The van der Waals surface area contributed by atoms with E-state index in [4.69, 9.17) is 18.9 Å². The number of ether oxygens (including phenoxy) is 4. The summed E-state index contributed by atoms with van der Waals surface area (Å²) in [5.41, 5.74) is 1.45. The molecule has 1 N–H and O–H groups in total. The lowest BCUT2D eigenvalue weighted by Gasteiger charge is -2.13. The molecule has 8 heteroatoms. The number of carbonyl (C=O) groups is 1. The first kappa shape index (κ1) is 21.5. The van der Waals surface area contributed by atoms with Gasteiger partial charge in [-0.2, -0.15) is 5.26 Å². The molecule has 0 saturated heterocycles. The van der Waals surface area contributed by atoms with Gasteiger partial charge in [-0.15, -0.1) is 0 Å². The van der Waals surface area contributed by atoms with Gasteiger partial charge in [-0.25, -0.2) is 0 Å². The summed E-state index contributed by atoms with van der Waals surface area (Å²) in [5, 5.41) is 12.2. The van der Waals surface area contributed by atoms with Gasteiger partial charge in [-0.1, -0.05) is 13.0 Å². The summed E-state index contributed by atoms with van der Waals surface area (Å²) < 4.78 is 22.4. The lowest BCUT2D eigenvalue weighted by Crippen LogP contribution is -2.23. The number of halogens is 1. The third-order valence-electron chi connectivity index (χ3n) is 4.27. The van der Waals surface area contributed by atoms with Gasteiger partial charge < -0.3 is 24.3 Å². The van der Waals surface area contributed by atoms with E-state index in [-0.39, 0.29) is 18.9 Å². The largest absolute Gasteiger partial charge is 0.493 e. The molecule has 1 amide bonds. The van der Waals surface area contributed by atoms with Crippen molar-refractivity contribution < 1.29 is 23.7 Å². The summed E-state index contributed by atoms with van der Waals surface area (Å²) in [5.74, 6) is 1.94. The molecule has 2 aromatic rings. The first-order chi connectivity index (χ1) is 14.5. The number of rotatable bonds is 8. The van der Waals surface area contributed by atoms with Crippen molar-refractivity contribution in [3.8, 4) is 29.1 Å². The van der Waals surface area contributed by atoms with Crippen LogP contribution in [0.2, 0.25) is 0 Å². The van der Waals surface area contributed by atoms with Crippen LogP contribution >= 0.6 is 15.9 Å². The number of nitriles is 1. The van der Waals surface area contributed by atoms with E-state index in [0.29, 0.717) is 39.6 Å². The Kier molecular flexibility index (Phi) is 7.20. The zero-order valence-electron chi connectivity index (χ0n) is 16.7. The molecule has 1 aliphatic heterocycles. The lowest BCUT2D eigenvalue weighted by molar-refractivity contribution is -0.117. The van der Waals surface area contributed by atoms with Gasteiger partial charge in [0, 0.05) is 6.54 Å². The number of carbonyl (C=O) groups excluding carboxylic acids is 1. The first-order valence-electron chi connectivity index (χ1n) is 9.34. The van der Waals surface area contributed by atoms with Gasteiger partial charge in [0.1, 0.15) is 11.6 Å². The van der Waals surface area contributed by atoms with Gasteiger partial charge in [0.05, 0.1) is 18.2 Å². The van der Waals surface area contributed by atoms with Crippen molar-refractivity contribution in [2.45, 2.75) is 19.9 Å². The summed E-state index contributed by atoms with van der Waals surface area (Å²) in [6.45, 7) is 3.01. The average molecular weight is 473 g/mol. The minimum Gasteiger partial charge on any atom is -0.493 e. The monoisotopic (exact) mass is 472 g/mol. The molecule has 3 rings (SSSR count). The van der Waals surface area contributed by atoms with Crippen LogP contribution in [0.1, 0.15) is 24.5 Å². The van der Waals surface area contributed by atoms with Crippen LogP contribution < -0.4 is 24.3 Å². The van der Waals surface area contributed by atoms with E-state index in [2.05, 4.69) is 21.2 Å². The zero-order chi connectivity index (χ0) is 21.5. The Hall–Kier alpha value is -3.18. The number of amides is 1. The Morgan fingerprint density at radius 3 is 2.83 bits per heavy atom. The van der Waals surface area contributed by atoms with Crippen molar-refractivity contribution in [1.82, 2.24) is 5.32 Å². The van der Waals surface area contributed by atoms with E-state index in [9.17, 15) is 10.1 Å². The second-order valence-corrected chi connectivity index (χ2v) is 7.28. The number of hydrogen-bond acceptors (Lipinski definition) is 6. The Morgan fingerprint density at radius 1 is 1.30 bits per heavy atom. The predicted octanol–water partition coefficient (Wildman–Crippen LogP) is 4.20. The number of nitrogens with zero attached hydrogens (tertiary/aromatic N) is 1. The smallest absolute Gasteiger partial charge is 0.262 e. The highest BCUT2D eigenvalue weighted by molar-refractivity contribution is 9.10. The fraction of sp³-hybridized carbons (Fsp3) is 0.273. The Labute approximate surface area is 183 Å². The molecule has 156 valence electrons. The number of hydrogen-bond donors (Lipinski definition) is 1. The number of fused-ring (bicyclic) bond motifs is 1. The molecule has 7 nitrogen and oxygen atoms in total. The molecule has 0 bridgehead atoms. The highest BCUT2D eigenvalue weighted by Gasteiger charge is 2.16. The Balaban J connectivity index is 1.73. The molecule has 1 heterocycles. The van der Waals surface area contributed by atoms with Gasteiger partial charge in [0.2, 0.25) is 6.79 Å². The van der Waals surface area contributed by atoms with Crippen LogP contribution in [0.15, 0.2) is 40.4 Å². The van der Waals surface area contributed by atoms with Gasteiger partial charge in [0.25, 0.3) is 5.91 Å². The van der Waals surface area contributed by atoms with Crippen LogP contribution in [0.4, 0.5) is 0 Å². The summed E-state index contributed by atoms with van der Waals surface area (Å²) in [4.78, 5) is 12.5. The second kappa shape index (κ2) is 10.0. The number of methoxy groups -OCH3 is 1. The van der Waals surface area contributed by atoms with E-state index in [1.54, 1.807) is 24.3 Å². The minimum absolute atomic E-state index is 0.0214. The fourth-order valence-corrected chi connectivity index (χ4v) is 3.39. The third-order valence-corrected chi connectivity index (χ3v) is 4.86. The van der Waals surface area contributed by atoms with Crippen LogP contribution in [0.25, 0.3) is 6.08 Å². The van der Waals surface area contributed by atoms with E-state index < -0.39 is 5.91 Å². The van der Waals surface area contributed by atoms with Crippen LogP contribution in [0, 0.1) is 11.3 Å². The number of nitrogens with one attached hydrogen (secondary N) is 1. The van der Waals surface area contributed by atoms with Crippen molar-refractivity contribution in [2.24, 2.45) is 0 Å². The topological polar surface area (TPSA) is 89.8 Å². The SMILES string of the molecule is CCCOc1c(Br)cc(C=C(C#N)C(=O)NCc2ccc3c(c2)OCO3)cc1OC. The molecule has 0 aromatic heterocycles. The van der Waals surface area contributed by atoms with Gasteiger partial charge in [-0.05, 0) is 63.8 Å². The zero-order valence-corrected chi connectivity index (χ0v) is 18.2. The van der Waals surface area contributed by atoms with Gasteiger partial charge in [-0.3, -0.25) is 4.79 Å². The summed E-state index contributed by atoms with van der Waals surface area (Å²) in [6.07, 6.45) is 2.37. The Morgan fingerprint density at radius 2 is 2.10 bits per heavy atom. The predicted molar refractivity (Wildman–Crippen MR) is 114 cm³/mol. The van der Waals surface area contributed by atoms with Crippen LogP contribution in [-0.2, 0) is 11.3 Å². The Bertz CT molecular complexity index is 1010. The molecule has 0 aliphatic carbocycles. The van der Waals surface area contributed by atoms with E-state index in [1.807, 2.05) is 19.1 Å². The highest BCUT2D eigenvalue weighted by Crippen LogP contribution is 2.37. The standard InChI is InChI=1S/C22H21BrN2O5/c1-3-6-28-21-17(23)8-15(10-20(21)27-2)7-16(11-24)22(26)25-12-14-4-5-18-19(9-14)30-13-29-18/h4-5,7-10H,3,6,12-13H2,1-2H3,(H,25,26). The summed E-state index contributed by atoms with van der Waals surface area (Å²) in [6, 6.07) is 10.9. The maximum absolute atomic E-state index is 12.5. The molecule has 0 saturated carbocycles. The van der Waals surface area contributed by atoms with Crippen LogP contribution in [-0.4, -0.2) is 26.4 Å². The summed E-state index contributed by atoms with van der Waals surface area (Å²) in [7, 11) is 1.54. The molecule has 30 heavy (non-hydrogen) atoms. The highest BCUT2D eigenvalue weighted by atomic mass is 79.9. The maximum atomic E-state index is 12.5. The molecule has 0 unspecified atom stereocenters. The molecule has 0 radical (unpaired) electrons. The lowest BCUT2D eigenvalue weighted by atomic mass is 10.1. The molecule has 2 aromatic carbocycles. The molecular weight excluding hydrogens is 452 g/mol. The second-order valence-electron chi connectivity index (χ2n) is 6.42. The molecule has 1 aliphatic rings. The van der Waals surface area contributed by atoms with Crippen molar-refractivity contribution in [3.05, 3.63) is 51.5 Å². The van der Waals surface area contributed by atoms with E-state index in [0.717, 1.165) is 12.0 Å². The van der Waals surface area contributed by atoms with E-state index >= 15 is 0 Å². The van der Waals surface area contributed by atoms with Crippen LogP contribution in [0.3, 0.4) is 0 Å². The van der Waals surface area contributed by atoms with Crippen molar-refractivity contribution in [2.75, 3.05) is 20.5 Å². The molecule has 0 spiro atoms. The third kappa shape index (κ3) is 5.05. The maximum Gasteiger partial charge on any atom is 0.262 e. The van der Waals surface area contributed by atoms with Crippen molar-refractivity contribution in [3.63, 3.8) is 0 Å². The van der Waals surface area contributed by atoms with E-state index in [1.165, 1.54) is 13.2 Å². The summed E-state index contributed by atoms with van der Waals surface area (Å²) >= 11 is 3.46. The van der Waals surface area contributed by atoms with Crippen LogP contribution in [0.5, 0.6) is 23.0 Å². The van der Waals surface area contributed by atoms with Crippen molar-refractivity contribution >= 4 is 27.9 Å². The quantitative estimate of drug-likeness (QED) is 0.457. The molecule has 0 fully saturated rings. The first-order valence-corrected chi connectivity index (χ1v) is 10.1. The minimum atomic E-state index is -0.475.